The summed E-state index contributed by atoms with van der Waals surface area (Å²) in [7, 11) is 0. The predicted molar refractivity (Wildman–Crippen MR) is 75.9 cm³/mol. The maximum atomic E-state index is 11.9. The second kappa shape index (κ2) is 6.71. The highest BCUT2D eigenvalue weighted by Crippen LogP contribution is 2.18. The summed E-state index contributed by atoms with van der Waals surface area (Å²) in [6.07, 6.45) is 4.76. The Labute approximate surface area is 115 Å². The van der Waals surface area contributed by atoms with Crippen molar-refractivity contribution in [2.75, 3.05) is 0 Å². The second-order valence-electron chi connectivity index (χ2n) is 5.51. The number of carbonyl (C=O) groups excluding carboxylic acids is 1. The number of hydrogen-bond acceptors (Lipinski definition) is 2. The van der Waals surface area contributed by atoms with Gasteiger partial charge in [-0.05, 0) is 31.7 Å². The Kier molecular flexibility index (Phi) is 4.97. The van der Waals surface area contributed by atoms with Gasteiger partial charge in [-0.1, -0.05) is 42.7 Å². The van der Waals surface area contributed by atoms with E-state index in [4.69, 9.17) is 0 Å². The summed E-state index contributed by atoms with van der Waals surface area (Å²) >= 11 is 0. The van der Waals surface area contributed by atoms with E-state index in [1.54, 1.807) is 0 Å². The molecule has 1 amide bonds. The third-order valence-electron chi connectivity index (χ3n) is 3.84. The minimum absolute atomic E-state index is 0.0423. The fourth-order valence-electron chi connectivity index (χ4n) is 2.57. The highest BCUT2D eigenvalue weighted by Gasteiger charge is 2.24. The van der Waals surface area contributed by atoms with Crippen LogP contribution in [0.3, 0.4) is 0 Å². The second-order valence-corrected chi connectivity index (χ2v) is 5.51. The van der Waals surface area contributed by atoms with Gasteiger partial charge in [-0.3, -0.25) is 4.79 Å². The molecular formula is C16H23NO2. The fraction of sp³-hybridized carbons (Fsp3) is 0.562. The molecule has 0 aromatic heterocycles. The zero-order valence-electron chi connectivity index (χ0n) is 11.6. The number of carbonyl (C=O) groups is 1. The van der Waals surface area contributed by atoms with Gasteiger partial charge in [0.25, 0.3) is 0 Å². The molecule has 3 heteroatoms. The summed E-state index contributed by atoms with van der Waals surface area (Å²) in [5.41, 5.74) is 2.42. The third kappa shape index (κ3) is 4.35. The molecule has 1 aliphatic rings. The van der Waals surface area contributed by atoms with Gasteiger partial charge in [-0.25, -0.2) is 0 Å². The molecule has 0 aliphatic heterocycles. The van der Waals surface area contributed by atoms with Crippen molar-refractivity contribution in [1.82, 2.24) is 5.32 Å². The van der Waals surface area contributed by atoms with Crippen molar-refractivity contribution < 1.29 is 9.90 Å². The molecule has 1 saturated carbocycles. The molecule has 0 saturated heterocycles. The van der Waals surface area contributed by atoms with Crippen LogP contribution >= 0.6 is 0 Å². The summed E-state index contributed by atoms with van der Waals surface area (Å²) in [5, 5.41) is 12.8. The zero-order valence-corrected chi connectivity index (χ0v) is 11.6. The lowest BCUT2D eigenvalue weighted by molar-refractivity contribution is -0.123. The molecule has 0 bridgehead atoms. The summed E-state index contributed by atoms with van der Waals surface area (Å²) in [5.74, 6) is 0.0477. The molecule has 2 rings (SSSR count). The van der Waals surface area contributed by atoms with Crippen LogP contribution in [0.4, 0.5) is 0 Å². The minimum Gasteiger partial charge on any atom is -0.391 e. The molecule has 104 valence electrons. The molecule has 0 spiro atoms. The fourth-order valence-corrected chi connectivity index (χ4v) is 2.57. The van der Waals surface area contributed by atoms with Gasteiger partial charge in [-0.15, -0.1) is 0 Å². The van der Waals surface area contributed by atoms with E-state index >= 15 is 0 Å². The van der Waals surface area contributed by atoms with Gasteiger partial charge in [0.15, 0.2) is 0 Å². The summed E-state index contributed by atoms with van der Waals surface area (Å²) in [4.78, 5) is 11.9. The Morgan fingerprint density at radius 1 is 1.26 bits per heavy atom. The number of aliphatic hydroxyl groups is 1. The molecule has 3 nitrogen and oxygen atoms in total. The van der Waals surface area contributed by atoms with E-state index in [9.17, 15) is 9.90 Å². The quantitative estimate of drug-likeness (QED) is 0.874. The Bertz CT molecular complexity index is 413. The first-order valence-corrected chi connectivity index (χ1v) is 7.18. The molecule has 19 heavy (non-hydrogen) atoms. The van der Waals surface area contributed by atoms with Crippen molar-refractivity contribution >= 4 is 5.91 Å². The maximum absolute atomic E-state index is 11.9. The first kappa shape index (κ1) is 14.1. The molecule has 1 aromatic carbocycles. The molecule has 2 atom stereocenters. The monoisotopic (exact) mass is 261 g/mol. The van der Waals surface area contributed by atoms with Gasteiger partial charge in [0.1, 0.15) is 0 Å². The van der Waals surface area contributed by atoms with Gasteiger partial charge in [0, 0.05) is 6.42 Å². The van der Waals surface area contributed by atoms with E-state index in [-0.39, 0.29) is 18.1 Å². The lowest BCUT2D eigenvalue weighted by atomic mass is 9.92. The molecule has 1 aromatic rings. The normalized spacial score (nSPS) is 23.1. The molecule has 0 unspecified atom stereocenters. The highest BCUT2D eigenvalue weighted by atomic mass is 16.3. The largest absolute Gasteiger partial charge is 0.391 e. The van der Waals surface area contributed by atoms with E-state index in [0.29, 0.717) is 6.42 Å². The summed E-state index contributed by atoms with van der Waals surface area (Å²) < 4.78 is 0. The van der Waals surface area contributed by atoms with Crippen LogP contribution in [-0.4, -0.2) is 23.2 Å². The van der Waals surface area contributed by atoms with Crippen LogP contribution in [0.2, 0.25) is 0 Å². The molecule has 1 aliphatic carbocycles. The van der Waals surface area contributed by atoms with Crippen LogP contribution in [0, 0.1) is 6.92 Å². The minimum atomic E-state index is -0.364. The standard InChI is InChI=1S/C16H23NO2/c1-12-6-8-13(9-7-12)10-11-16(19)17-14-4-2-3-5-15(14)18/h6-9,14-15,18H,2-5,10-11H2,1H3,(H,17,19)/t14-,15-/m0/s1. The molecule has 2 N–H and O–H groups in total. The first-order valence-electron chi connectivity index (χ1n) is 7.18. The maximum Gasteiger partial charge on any atom is 0.220 e. The molecule has 0 heterocycles. The lowest BCUT2D eigenvalue weighted by Crippen LogP contribution is -2.45. The van der Waals surface area contributed by atoms with Crippen LogP contribution in [0.25, 0.3) is 0 Å². The van der Waals surface area contributed by atoms with Gasteiger partial charge in [0.05, 0.1) is 12.1 Å². The van der Waals surface area contributed by atoms with Crippen molar-refractivity contribution in [2.45, 2.75) is 57.6 Å². The van der Waals surface area contributed by atoms with Crippen LogP contribution in [0.15, 0.2) is 24.3 Å². The van der Waals surface area contributed by atoms with Gasteiger partial charge in [0.2, 0.25) is 5.91 Å². The van der Waals surface area contributed by atoms with Gasteiger partial charge < -0.3 is 10.4 Å². The van der Waals surface area contributed by atoms with Crippen LogP contribution in [0.1, 0.15) is 43.2 Å². The van der Waals surface area contributed by atoms with Crippen molar-refractivity contribution in [3.05, 3.63) is 35.4 Å². The Morgan fingerprint density at radius 2 is 1.95 bits per heavy atom. The number of aliphatic hydroxyl groups excluding tert-OH is 1. The average Bonchev–Trinajstić information content (AvgIpc) is 2.41. The van der Waals surface area contributed by atoms with Crippen molar-refractivity contribution in [2.24, 2.45) is 0 Å². The molecule has 1 fully saturated rings. The number of amides is 1. The highest BCUT2D eigenvalue weighted by molar-refractivity contribution is 5.76. The number of nitrogens with one attached hydrogen (secondary N) is 1. The zero-order chi connectivity index (χ0) is 13.7. The summed E-state index contributed by atoms with van der Waals surface area (Å²) in [6.45, 7) is 2.06. The average molecular weight is 261 g/mol. The van der Waals surface area contributed by atoms with E-state index < -0.39 is 0 Å². The van der Waals surface area contributed by atoms with E-state index in [2.05, 4.69) is 36.5 Å². The van der Waals surface area contributed by atoms with E-state index in [1.807, 2.05) is 0 Å². The van der Waals surface area contributed by atoms with E-state index in [1.165, 1.54) is 11.1 Å². The number of benzene rings is 1. The number of hydrogen-bond donors (Lipinski definition) is 2. The Balaban J connectivity index is 1.76. The van der Waals surface area contributed by atoms with Crippen molar-refractivity contribution in [1.29, 1.82) is 0 Å². The first-order chi connectivity index (χ1) is 9.15. The SMILES string of the molecule is Cc1ccc(CCC(=O)N[C@H]2CCCC[C@@H]2O)cc1. The van der Waals surface area contributed by atoms with Gasteiger partial charge >= 0.3 is 0 Å². The Hall–Kier alpha value is -1.35. The summed E-state index contributed by atoms with van der Waals surface area (Å²) in [6, 6.07) is 8.23. The Morgan fingerprint density at radius 3 is 2.63 bits per heavy atom. The van der Waals surface area contributed by atoms with Crippen LogP contribution in [0.5, 0.6) is 0 Å². The smallest absolute Gasteiger partial charge is 0.220 e. The van der Waals surface area contributed by atoms with Crippen molar-refractivity contribution in [3.63, 3.8) is 0 Å². The number of aryl methyl sites for hydroxylation is 2. The third-order valence-corrected chi connectivity index (χ3v) is 3.84. The topological polar surface area (TPSA) is 49.3 Å². The molecular weight excluding hydrogens is 238 g/mol. The van der Waals surface area contributed by atoms with Crippen LogP contribution < -0.4 is 5.32 Å². The lowest BCUT2D eigenvalue weighted by Gasteiger charge is -2.28. The predicted octanol–water partition coefficient (Wildman–Crippen LogP) is 2.35. The van der Waals surface area contributed by atoms with E-state index in [0.717, 1.165) is 32.1 Å². The molecule has 0 radical (unpaired) electrons. The number of rotatable bonds is 4. The van der Waals surface area contributed by atoms with Crippen molar-refractivity contribution in [3.8, 4) is 0 Å². The van der Waals surface area contributed by atoms with Crippen LogP contribution in [-0.2, 0) is 11.2 Å². The van der Waals surface area contributed by atoms with Gasteiger partial charge in [-0.2, -0.15) is 0 Å².